The average Bonchev–Trinajstić information content (AvgIpc) is 1.00. The van der Waals surface area contributed by atoms with Crippen molar-refractivity contribution in [2.75, 3.05) is 0 Å². The fraction of sp³-hybridized carbons (Fsp3) is 0.333. The fourth-order valence-electron chi connectivity index (χ4n) is 0. The Morgan fingerprint density at radius 1 is 1.25 bits per heavy atom. The van der Waals surface area contributed by atoms with Crippen LogP contribution in [0.25, 0.3) is 0 Å². The van der Waals surface area contributed by atoms with Gasteiger partial charge in [0.2, 0.25) is 0 Å². The molecular formula is C3H8Be. The minimum absolute atomic E-state index is 0. The second kappa shape index (κ2) is 523. The molecule has 0 aliphatic heterocycles. The molecule has 0 heterocycles. The maximum absolute atomic E-state index is 3.25. The van der Waals surface area contributed by atoms with Crippen molar-refractivity contribution in [3.8, 4) is 0 Å². The van der Waals surface area contributed by atoms with Crippen LogP contribution in [0.1, 0.15) is 6.92 Å². The zero-order valence-electron chi connectivity index (χ0n) is 3.41. The molecule has 0 aliphatic carbocycles. The van der Waals surface area contributed by atoms with Crippen LogP contribution in [-0.4, -0.2) is 10.1 Å². The SMILES string of the molecule is [Be+2].[CH2-]C.[CH3-]. The molecule has 0 spiro atoms. The molecule has 0 aromatic carbocycles. The smallest absolute Gasteiger partial charge is 0.358 e. The molecule has 4 heavy (non-hydrogen) atoms. The van der Waals surface area contributed by atoms with Gasteiger partial charge in [0.05, 0.1) is 0 Å². The van der Waals surface area contributed by atoms with E-state index in [2.05, 4.69) is 6.92 Å². The number of rotatable bonds is 0. The molecule has 0 aromatic rings. The normalized spacial score (nSPS) is 1.50. The van der Waals surface area contributed by atoms with Gasteiger partial charge < -0.3 is 14.4 Å². The maximum Gasteiger partial charge on any atom is 2.00 e. The van der Waals surface area contributed by atoms with Crippen LogP contribution in [0.4, 0.5) is 0 Å². The van der Waals surface area contributed by atoms with Gasteiger partial charge in [-0.1, -0.05) is 0 Å². The molecule has 0 aromatic heterocycles. The van der Waals surface area contributed by atoms with Crippen LogP contribution in [-0.2, 0) is 0 Å². The van der Waals surface area contributed by atoms with E-state index in [0.29, 0.717) is 0 Å². The van der Waals surface area contributed by atoms with E-state index < -0.39 is 0 Å². The second-order valence-electron chi connectivity index (χ2n) is 0. The molecule has 0 amide bonds. The summed E-state index contributed by atoms with van der Waals surface area (Å²) in [4.78, 5) is 0. The van der Waals surface area contributed by atoms with E-state index in [1.54, 1.807) is 6.92 Å². The van der Waals surface area contributed by atoms with Crippen LogP contribution in [0.2, 0.25) is 0 Å². The fourth-order valence-corrected chi connectivity index (χ4v) is 0. The molecule has 0 atom stereocenters. The molecule has 0 saturated heterocycles. The van der Waals surface area contributed by atoms with Gasteiger partial charge in [-0.25, -0.2) is 0 Å². The van der Waals surface area contributed by atoms with Crippen molar-refractivity contribution in [2.45, 2.75) is 6.92 Å². The monoisotopic (exact) mass is 53.1 g/mol. The van der Waals surface area contributed by atoms with Crippen LogP contribution in [0, 0.1) is 14.4 Å². The Kier molecular flexibility index (Phi) is 4010. The van der Waals surface area contributed by atoms with E-state index in [9.17, 15) is 0 Å². The van der Waals surface area contributed by atoms with Crippen LogP contribution in [0.5, 0.6) is 0 Å². The van der Waals surface area contributed by atoms with Gasteiger partial charge in [-0.15, -0.1) is 0 Å². The van der Waals surface area contributed by atoms with E-state index in [0.717, 1.165) is 0 Å². The minimum Gasteiger partial charge on any atom is -0.358 e. The molecule has 0 radical (unpaired) electrons. The summed E-state index contributed by atoms with van der Waals surface area (Å²) in [5, 5.41) is 0. The topological polar surface area (TPSA) is 0 Å². The summed E-state index contributed by atoms with van der Waals surface area (Å²) in [7, 11) is 0. The van der Waals surface area contributed by atoms with Crippen molar-refractivity contribution in [3.05, 3.63) is 14.4 Å². The number of hydrogen-bond acceptors (Lipinski definition) is 0. The Morgan fingerprint density at radius 3 is 1.25 bits per heavy atom. The quantitative estimate of drug-likeness (QED) is 0.284. The van der Waals surface area contributed by atoms with Gasteiger partial charge in [-0.2, -0.15) is 6.92 Å². The minimum atomic E-state index is 0. The van der Waals surface area contributed by atoms with Crippen molar-refractivity contribution in [1.82, 2.24) is 0 Å². The van der Waals surface area contributed by atoms with Gasteiger partial charge in [0.15, 0.2) is 0 Å². The largest absolute Gasteiger partial charge is 2.00 e. The van der Waals surface area contributed by atoms with Crippen LogP contribution >= 0.6 is 0 Å². The molecular weight excluding hydrogens is 45.0 g/mol. The van der Waals surface area contributed by atoms with Gasteiger partial charge in [-0.05, 0) is 0 Å². The Balaban J connectivity index is -0.00000000500. The first-order chi connectivity index (χ1) is 1.00. The molecule has 1 heteroatoms. The van der Waals surface area contributed by atoms with E-state index >= 15 is 0 Å². The summed E-state index contributed by atoms with van der Waals surface area (Å²) in [6.45, 7) is 5.00. The first-order valence-corrected chi connectivity index (χ1v) is 0.707. The number of hydrogen-bond donors (Lipinski definition) is 0. The third-order valence-electron chi connectivity index (χ3n) is 0. The zero-order valence-corrected chi connectivity index (χ0v) is 3.41. The summed E-state index contributed by atoms with van der Waals surface area (Å²) in [5.74, 6) is 0. The Morgan fingerprint density at radius 2 is 1.25 bits per heavy atom. The molecule has 0 rings (SSSR count). The predicted octanol–water partition coefficient (Wildman–Crippen LogP) is 0.910. The first kappa shape index (κ1) is 30.6. The third kappa shape index (κ3) is 104. The van der Waals surface area contributed by atoms with E-state index in [-0.39, 0.29) is 17.5 Å². The zero-order chi connectivity index (χ0) is 2.00. The van der Waals surface area contributed by atoms with Crippen LogP contribution in [0.15, 0.2) is 0 Å². The molecule has 0 fully saturated rings. The Hall–Kier alpha value is 0.169. The molecule has 0 nitrogen and oxygen atoms in total. The summed E-state index contributed by atoms with van der Waals surface area (Å²) in [6, 6.07) is 0. The third-order valence-corrected chi connectivity index (χ3v) is 0. The van der Waals surface area contributed by atoms with Gasteiger partial charge in [0.25, 0.3) is 0 Å². The van der Waals surface area contributed by atoms with Crippen molar-refractivity contribution >= 4 is 10.1 Å². The van der Waals surface area contributed by atoms with Gasteiger partial charge in [0, 0.05) is 0 Å². The van der Waals surface area contributed by atoms with Crippen LogP contribution < -0.4 is 0 Å². The average molecular weight is 53.1 g/mol. The van der Waals surface area contributed by atoms with Gasteiger partial charge in [0.1, 0.15) is 0 Å². The molecule has 0 saturated carbocycles. The predicted molar refractivity (Wildman–Crippen MR) is 23.2 cm³/mol. The van der Waals surface area contributed by atoms with Crippen molar-refractivity contribution in [1.29, 1.82) is 0 Å². The molecule has 0 unspecified atom stereocenters. The van der Waals surface area contributed by atoms with Crippen molar-refractivity contribution in [2.24, 2.45) is 0 Å². The van der Waals surface area contributed by atoms with E-state index in [4.69, 9.17) is 0 Å². The van der Waals surface area contributed by atoms with Crippen LogP contribution in [0.3, 0.4) is 0 Å². The van der Waals surface area contributed by atoms with E-state index in [1.807, 2.05) is 0 Å². The molecule has 0 bridgehead atoms. The van der Waals surface area contributed by atoms with Gasteiger partial charge in [-0.3, -0.25) is 0 Å². The standard InChI is InChI=1S/C2H5.CH3.Be/c1-2;;/h1H2,2H3;1H3;/q2*-1;+2. The van der Waals surface area contributed by atoms with E-state index in [1.165, 1.54) is 0 Å². The molecule has 0 N–H and O–H groups in total. The van der Waals surface area contributed by atoms with Crippen molar-refractivity contribution < 1.29 is 0 Å². The summed E-state index contributed by atoms with van der Waals surface area (Å²) < 4.78 is 0. The summed E-state index contributed by atoms with van der Waals surface area (Å²) >= 11 is 0. The van der Waals surface area contributed by atoms with Crippen molar-refractivity contribution in [3.63, 3.8) is 0 Å². The molecule has 22 valence electrons. The Labute approximate surface area is 32.4 Å². The summed E-state index contributed by atoms with van der Waals surface area (Å²) in [6.07, 6.45) is 0. The first-order valence-electron chi connectivity index (χ1n) is 0.707. The second-order valence-corrected chi connectivity index (χ2v) is 0. The Bertz CT molecular complexity index is 3.25. The maximum atomic E-state index is 3.25. The van der Waals surface area contributed by atoms with Gasteiger partial charge >= 0.3 is 10.1 Å². The molecule has 0 aliphatic rings. The summed E-state index contributed by atoms with van der Waals surface area (Å²) in [5.41, 5.74) is 0.